The number of hydrogen-bond acceptors (Lipinski definition) is 2. The van der Waals surface area contributed by atoms with Crippen LogP contribution in [0, 0.1) is 0 Å². The molecule has 0 amide bonds. The Balaban J connectivity index is 2.25. The number of halogens is 1. The van der Waals surface area contributed by atoms with E-state index in [9.17, 15) is 0 Å². The largest absolute Gasteiger partial charge is 0.329 e. The fraction of sp³-hybridized carbons (Fsp3) is 1.00. The van der Waals surface area contributed by atoms with Gasteiger partial charge in [0.2, 0.25) is 0 Å². The van der Waals surface area contributed by atoms with Gasteiger partial charge in [-0.15, -0.1) is 0 Å². The molecule has 0 radical (unpaired) electrons. The maximum atomic E-state index is 5.48. The molecule has 1 unspecified atom stereocenters. The zero-order chi connectivity index (χ0) is 7.40. The predicted octanol–water partition coefficient (Wildman–Crippen LogP) is 1.19. The molecule has 1 fully saturated rings. The average molecular weight is 254 g/mol. The summed E-state index contributed by atoms with van der Waals surface area (Å²) in [4.78, 5) is 2.48. The Morgan fingerprint density at radius 1 is 1.50 bits per heavy atom. The first-order chi connectivity index (χ1) is 4.84. The van der Waals surface area contributed by atoms with Gasteiger partial charge in [-0.25, -0.2) is 0 Å². The Morgan fingerprint density at radius 3 is 2.90 bits per heavy atom. The minimum Gasteiger partial charge on any atom is -0.329 e. The molecule has 0 saturated carbocycles. The van der Waals surface area contributed by atoms with Crippen molar-refractivity contribution in [2.24, 2.45) is 5.73 Å². The third-order valence-corrected chi connectivity index (χ3v) is 3.36. The Morgan fingerprint density at radius 2 is 2.30 bits per heavy atom. The van der Waals surface area contributed by atoms with E-state index in [0.717, 1.165) is 17.1 Å². The van der Waals surface area contributed by atoms with Gasteiger partial charge in [0.25, 0.3) is 0 Å². The second-order valence-electron chi connectivity index (χ2n) is 2.75. The summed E-state index contributed by atoms with van der Waals surface area (Å²) in [5, 5.41) is 0. The van der Waals surface area contributed by atoms with Crippen LogP contribution in [0.4, 0.5) is 0 Å². The summed E-state index contributed by atoms with van der Waals surface area (Å²) in [5.74, 6) is 0. The lowest BCUT2D eigenvalue weighted by Crippen LogP contribution is -2.38. The topological polar surface area (TPSA) is 29.3 Å². The Bertz CT molecular complexity index is 95.6. The van der Waals surface area contributed by atoms with E-state index in [4.69, 9.17) is 5.73 Å². The summed E-state index contributed by atoms with van der Waals surface area (Å²) in [6.07, 6.45) is 4.11. The molecule has 60 valence electrons. The van der Waals surface area contributed by atoms with Gasteiger partial charge in [-0.3, -0.25) is 4.90 Å². The standard InChI is InChI=1S/C7H15IN2/c8-7-3-1-2-5-10(7)6-4-9/h7H,1-6,9H2. The van der Waals surface area contributed by atoms with Crippen molar-refractivity contribution in [2.75, 3.05) is 19.6 Å². The van der Waals surface area contributed by atoms with E-state index in [1.807, 2.05) is 0 Å². The Labute approximate surface area is 76.3 Å². The van der Waals surface area contributed by atoms with Crippen LogP contribution in [0.5, 0.6) is 0 Å². The van der Waals surface area contributed by atoms with E-state index in [1.165, 1.54) is 25.8 Å². The third-order valence-electron chi connectivity index (χ3n) is 1.95. The molecule has 1 aliphatic heterocycles. The molecule has 1 aliphatic rings. The zero-order valence-corrected chi connectivity index (χ0v) is 8.38. The first kappa shape index (κ1) is 8.74. The highest BCUT2D eigenvalue weighted by atomic mass is 127. The number of nitrogens with zero attached hydrogens (tertiary/aromatic N) is 1. The van der Waals surface area contributed by atoms with E-state index in [2.05, 4.69) is 27.5 Å². The van der Waals surface area contributed by atoms with Crippen LogP contribution in [-0.4, -0.2) is 28.6 Å². The van der Waals surface area contributed by atoms with Crippen molar-refractivity contribution in [1.29, 1.82) is 0 Å². The van der Waals surface area contributed by atoms with Crippen molar-refractivity contribution in [3.63, 3.8) is 0 Å². The summed E-state index contributed by atoms with van der Waals surface area (Å²) >= 11 is 2.51. The average Bonchev–Trinajstić information content (AvgIpc) is 1.94. The van der Waals surface area contributed by atoms with E-state index in [1.54, 1.807) is 0 Å². The van der Waals surface area contributed by atoms with Crippen LogP contribution in [0.3, 0.4) is 0 Å². The minimum atomic E-state index is 0.745. The smallest absolute Gasteiger partial charge is 0.0619 e. The lowest BCUT2D eigenvalue weighted by Gasteiger charge is -2.31. The molecule has 0 bridgehead atoms. The molecule has 0 aliphatic carbocycles. The molecule has 2 N–H and O–H groups in total. The number of hydrogen-bond donors (Lipinski definition) is 1. The fourth-order valence-corrected chi connectivity index (χ4v) is 2.37. The monoisotopic (exact) mass is 254 g/mol. The lowest BCUT2D eigenvalue weighted by atomic mass is 10.1. The van der Waals surface area contributed by atoms with E-state index in [-0.39, 0.29) is 0 Å². The summed E-state index contributed by atoms with van der Waals surface area (Å²) in [5.41, 5.74) is 5.48. The molecule has 1 heterocycles. The molecule has 2 nitrogen and oxygen atoms in total. The highest BCUT2D eigenvalue weighted by Gasteiger charge is 2.17. The van der Waals surface area contributed by atoms with Crippen molar-refractivity contribution in [3.05, 3.63) is 0 Å². The van der Waals surface area contributed by atoms with Gasteiger partial charge in [0.15, 0.2) is 0 Å². The Hall–Kier alpha value is 0.650. The fourth-order valence-electron chi connectivity index (χ4n) is 1.37. The van der Waals surface area contributed by atoms with Crippen LogP contribution in [0.25, 0.3) is 0 Å². The van der Waals surface area contributed by atoms with Crippen LogP contribution in [0.2, 0.25) is 0 Å². The molecule has 10 heavy (non-hydrogen) atoms. The highest BCUT2D eigenvalue weighted by molar-refractivity contribution is 14.1. The molecule has 1 rings (SSSR count). The van der Waals surface area contributed by atoms with Crippen molar-refractivity contribution in [1.82, 2.24) is 4.90 Å². The molecule has 0 aromatic carbocycles. The van der Waals surface area contributed by atoms with Gasteiger partial charge in [0, 0.05) is 13.1 Å². The third kappa shape index (κ3) is 2.36. The SMILES string of the molecule is NCCN1CCCCC1I. The highest BCUT2D eigenvalue weighted by Crippen LogP contribution is 2.20. The predicted molar refractivity (Wildman–Crippen MR) is 52.3 cm³/mol. The summed E-state index contributed by atoms with van der Waals surface area (Å²) in [6.45, 7) is 3.14. The molecule has 3 heteroatoms. The van der Waals surface area contributed by atoms with E-state index >= 15 is 0 Å². The van der Waals surface area contributed by atoms with Crippen molar-refractivity contribution < 1.29 is 0 Å². The van der Waals surface area contributed by atoms with Gasteiger partial charge in [0.05, 0.1) is 4.05 Å². The first-order valence-electron chi connectivity index (χ1n) is 3.93. The normalized spacial score (nSPS) is 28.8. The van der Waals surface area contributed by atoms with Gasteiger partial charge < -0.3 is 5.73 Å². The maximum absolute atomic E-state index is 5.48. The van der Waals surface area contributed by atoms with Gasteiger partial charge in [-0.05, 0) is 25.8 Å². The second kappa shape index (κ2) is 4.51. The maximum Gasteiger partial charge on any atom is 0.0619 e. The van der Waals surface area contributed by atoms with Crippen molar-refractivity contribution in [2.45, 2.75) is 23.3 Å². The van der Waals surface area contributed by atoms with Crippen LogP contribution in [-0.2, 0) is 0 Å². The van der Waals surface area contributed by atoms with Crippen LogP contribution < -0.4 is 5.73 Å². The number of likely N-dealkylation sites (tertiary alicyclic amines) is 1. The minimum absolute atomic E-state index is 0.745. The van der Waals surface area contributed by atoms with Crippen LogP contribution >= 0.6 is 22.6 Å². The van der Waals surface area contributed by atoms with Crippen LogP contribution in [0.1, 0.15) is 19.3 Å². The number of alkyl halides is 1. The number of piperidine rings is 1. The first-order valence-corrected chi connectivity index (χ1v) is 5.17. The van der Waals surface area contributed by atoms with Crippen LogP contribution in [0.15, 0.2) is 0 Å². The second-order valence-corrected chi connectivity index (χ2v) is 4.19. The number of nitrogens with two attached hydrogens (primary N) is 1. The molecule has 0 aromatic rings. The van der Waals surface area contributed by atoms with Gasteiger partial charge in [-0.1, -0.05) is 22.6 Å². The quantitative estimate of drug-likeness (QED) is 0.455. The molecular weight excluding hydrogens is 239 g/mol. The summed E-state index contributed by atoms with van der Waals surface area (Å²) < 4.78 is 0.745. The molecule has 1 atom stereocenters. The van der Waals surface area contributed by atoms with Gasteiger partial charge >= 0.3 is 0 Å². The molecule has 1 saturated heterocycles. The Kier molecular flexibility index (Phi) is 3.95. The molecular formula is C7H15IN2. The van der Waals surface area contributed by atoms with Gasteiger partial charge in [0.1, 0.15) is 0 Å². The lowest BCUT2D eigenvalue weighted by molar-refractivity contribution is 0.222. The van der Waals surface area contributed by atoms with E-state index in [0.29, 0.717) is 0 Å². The number of rotatable bonds is 2. The van der Waals surface area contributed by atoms with Gasteiger partial charge in [-0.2, -0.15) is 0 Å². The van der Waals surface area contributed by atoms with Crippen molar-refractivity contribution >= 4 is 22.6 Å². The summed E-state index contributed by atoms with van der Waals surface area (Å²) in [7, 11) is 0. The summed E-state index contributed by atoms with van der Waals surface area (Å²) in [6, 6.07) is 0. The van der Waals surface area contributed by atoms with E-state index < -0.39 is 0 Å². The molecule has 0 aromatic heterocycles. The zero-order valence-electron chi connectivity index (χ0n) is 6.22. The van der Waals surface area contributed by atoms with Crippen molar-refractivity contribution in [3.8, 4) is 0 Å². The molecule has 0 spiro atoms.